The van der Waals surface area contributed by atoms with Crippen molar-refractivity contribution in [3.05, 3.63) is 28.2 Å². The van der Waals surface area contributed by atoms with Crippen LogP contribution in [0, 0.1) is 0 Å². The number of halogens is 2. The highest BCUT2D eigenvalue weighted by Gasteiger charge is 2.11. The van der Waals surface area contributed by atoms with Crippen molar-refractivity contribution in [2.75, 3.05) is 45.4 Å². The average Bonchev–Trinajstić information content (AvgIpc) is 2.43. The van der Waals surface area contributed by atoms with E-state index >= 15 is 0 Å². The summed E-state index contributed by atoms with van der Waals surface area (Å²) >= 11 is 7.08. The summed E-state index contributed by atoms with van der Waals surface area (Å²) in [6, 6.07) is 6.39. The maximum Gasteiger partial charge on any atom is 0.0637 e. The summed E-state index contributed by atoms with van der Waals surface area (Å²) in [7, 11) is 3.48. The first-order valence-electron chi connectivity index (χ1n) is 6.30. The quantitative estimate of drug-likeness (QED) is 0.469. The molecule has 5 heteroatoms. The van der Waals surface area contributed by atoms with Crippen molar-refractivity contribution in [1.82, 2.24) is 0 Å². The number of ether oxygens (including phenoxy) is 2. The van der Waals surface area contributed by atoms with E-state index in [0.717, 1.165) is 42.5 Å². The van der Waals surface area contributed by atoms with E-state index in [0.29, 0.717) is 0 Å². The average molecular weight is 395 g/mol. The van der Waals surface area contributed by atoms with Crippen molar-refractivity contribution in [3.8, 4) is 0 Å². The zero-order valence-electron chi connectivity index (χ0n) is 11.5. The second-order valence-corrected chi connectivity index (χ2v) is 5.71. The Labute approximate surface area is 132 Å². The highest BCUT2D eigenvalue weighted by atomic mass is 79.9. The molecule has 0 spiro atoms. The lowest BCUT2D eigenvalue weighted by Crippen LogP contribution is -2.29. The van der Waals surface area contributed by atoms with E-state index in [1.807, 2.05) is 0 Å². The number of rotatable bonds is 9. The van der Waals surface area contributed by atoms with Crippen molar-refractivity contribution in [3.63, 3.8) is 0 Å². The summed E-state index contributed by atoms with van der Waals surface area (Å²) < 4.78 is 11.4. The zero-order chi connectivity index (χ0) is 14.1. The Morgan fingerprint density at radius 3 is 2.47 bits per heavy atom. The first kappa shape index (κ1) is 17.0. The summed E-state index contributed by atoms with van der Waals surface area (Å²) in [5.74, 6) is 0. The Bertz CT molecular complexity index is 374. The minimum atomic E-state index is 0.727. The lowest BCUT2D eigenvalue weighted by molar-refractivity contribution is 0.191. The Morgan fingerprint density at radius 2 is 1.84 bits per heavy atom. The van der Waals surface area contributed by atoms with Gasteiger partial charge >= 0.3 is 0 Å². The molecule has 0 unspecified atom stereocenters. The van der Waals surface area contributed by atoms with Crippen molar-refractivity contribution in [1.29, 1.82) is 0 Å². The number of hydrogen-bond acceptors (Lipinski definition) is 3. The van der Waals surface area contributed by atoms with Crippen molar-refractivity contribution in [2.24, 2.45) is 0 Å². The number of alkyl halides is 1. The van der Waals surface area contributed by atoms with E-state index < -0.39 is 0 Å². The van der Waals surface area contributed by atoms with Gasteiger partial charge in [-0.1, -0.05) is 31.9 Å². The molecule has 108 valence electrons. The van der Waals surface area contributed by atoms with Crippen molar-refractivity contribution < 1.29 is 9.47 Å². The molecule has 19 heavy (non-hydrogen) atoms. The summed E-state index contributed by atoms with van der Waals surface area (Å²) in [6.45, 7) is 3.37. The minimum absolute atomic E-state index is 0.727. The minimum Gasteiger partial charge on any atom is -0.385 e. The molecule has 0 radical (unpaired) electrons. The van der Waals surface area contributed by atoms with E-state index in [1.165, 1.54) is 11.3 Å². The smallest absolute Gasteiger partial charge is 0.0637 e. The molecule has 0 aromatic heterocycles. The number of benzene rings is 1. The van der Waals surface area contributed by atoms with E-state index in [1.54, 1.807) is 14.2 Å². The molecular formula is C14H21Br2NO2. The zero-order valence-corrected chi connectivity index (χ0v) is 14.7. The van der Waals surface area contributed by atoms with Crippen LogP contribution < -0.4 is 4.90 Å². The Kier molecular flexibility index (Phi) is 8.70. The predicted molar refractivity (Wildman–Crippen MR) is 87.4 cm³/mol. The second kappa shape index (κ2) is 9.75. The van der Waals surface area contributed by atoms with E-state index in [2.05, 4.69) is 55.0 Å². The van der Waals surface area contributed by atoms with Crippen molar-refractivity contribution in [2.45, 2.75) is 11.8 Å². The van der Waals surface area contributed by atoms with Gasteiger partial charge < -0.3 is 14.4 Å². The molecule has 1 aromatic rings. The molecule has 1 aromatic carbocycles. The number of methoxy groups -OCH3 is 2. The van der Waals surface area contributed by atoms with Crippen LogP contribution in [0.2, 0.25) is 0 Å². The molecule has 0 saturated heterocycles. The highest BCUT2D eigenvalue weighted by molar-refractivity contribution is 9.10. The third-order valence-electron chi connectivity index (χ3n) is 2.87. The van der Waals surface area contributed by atoms with Gasteiger partial charge in [-0.25, -0.2) is 0 Å². The lowest BCUT2D eigenvalue weighted by atomic mass is 10.1. The van der Waals surface area contributed by atoms with Gasteiger partial charge in [0.15, 0.2) is 0 Å². The van der Waals surface area contributed by atoms with Crippen LogP contribution in [0.25, 0.3) is 0 Å². The molecule has 1 rings (SSSR count). The van der Waals surface area contributed by atoms with E-state index in [-0.39, 0.29) is 0 Å². The van der Waals surface area contributed by atoms with Gasteiger partial charge in [0.2, 0.25) is 0 Å². The Hall–Kier alpha value is -0.100. The van der Waals surface area contributed by atoms with Crippen LogP contribution in [0.15, 0.2) is 22.7 Å². The Balaban J connectivity index is 2.82. The predicted octanol–water partition coefficient (Wildman–Crippen LogP) is 3.83. The maximum absolute atomic E-state index is 5.20. The summed E-state index contributed by atoms with van der Waals surface area (Å²) in [5.41, 5.74) is 2.54. The van der Waals surface area contributed by atoms with Gasteiger partial charge in [-0.05, 0) is 30.2 Å². The molecule has 0 bridgehead atoms. The van der Waals surface area contributed by atoms with Crippen LogP contribution in [0.3, 0.4) is 0 Å². The molecule has 0 amide bonds. The standard InChI is InChI=1S/C14H21Br2NO2/c1-18-8-3-6-17(7-9-19-2)14-5-4-13(16)10-12(14)11-15/h4-5,10H,3,6-9,11H2,1-2H3. The van der Waals surface area contributed by atoms with Gasteiger partial charge in [0.1, 0.15) is 0 Å². The molecular weight excluding hydrogens is 374 g/mol. The third kappa shape index (κ3) is 5.81. The number of hydrogen-bond donors (Lipinski definition) is 0. The summed E-state index contributed by atoms with van der Waals surface area (Å²) in [6.07, 6.45) is 1.01. The van der Waals surface area contributed by atoms with Gasteiger partial charge in [-0.3, -0.25) is 0 Å². The van der Waals surface area contributed by atoms with Gasteiger partial charge in [0, 0.05) is 49.4 Å². The largest absolute Gasteiger partial charge is 0.385 e. The van der Waals surface area contributed by atoms with E-state index in [9.17, 15) is 0 Å². The normalized spacial score (nSPS) is 10.7. The monoisotopic (exact) mass is 393 g/mol. The summed E-state index contributed by atoms with van der Waals surface area (Å²) in [4.78, 5) is 2.35. The van der Waals surface area contributed by atoms with Gasteiger partial charge in [0.05, 0.1) is 6.61 Å². The molecule has 0 atom stereocenters. The fourth-order valence-electron chi connectivity index (χ4n) is 1.92. The maximum atomic E-state index is 5.20. The van der Waals surface area contributed by atoms with Crippen LogP contribution in [-0.2, 0) is 14.8 Å². The highest BCUT2D eigenvalue weighted by Crippen LogP contribution is 2.26. The van der Waals surface area contributed by atoms with Crippen LogP contribution in [-0.4, -0.2) is 40.5 Å². The number of anilines is 1. The van der Waals surface area contributed by atoms with Crippen LogP contribution in [0.5, 0.6) is 0 Å². The molecule has 3 nitrogen and oxygen atoms in total. The molecule has 0 heterocycles. The fourth-order valence-corrected chi connectivity index (χ4v) is 2.78. The molecule has 0 fully saturated rings. The number of nitrogens with zero attached hydrogens (tertiary/aromatic N) is 1. The SMILES string of the molecule is COCCCN(CCOC)c1ccc(Br)cc1CBr. The van der Waals surface area contributed by atoms with Crippen molar-refractivity contribution >= 4 is 37.5 Å². The van der Waals surface area contributed by atoms with E-state index in [4.69, 9.17) is 9.47 Å². The van der Waals surface area contributed by atoms with Gasteiger partial charge in [0.25, 0.3) is 0 Å². The van der Waals surface area contributed by atoms with Gasteiger partial charge in [-0.2, -0.15) is 0 Å². The van der Waals surface area contributed by atoms with Crippen LogP contribution in [0.4, 0.5) is 5.69 Å². The van der Waals surface area contributed by atoms with Gasteiger partial charge in [-0.15, -0.1) is 0 Å². The molecule has 0 N–H and O–H groups in total. The second-order valence-electron chi connectivity index (χ2n) is 4.23. The first-order valence-corrected chi connectivity index (χ1v) is 8.21. The molecule has 0 aliphatic heterocycles. The lowest BCUT2D eigenvalue weighted by Gasteiger charge is -2.26. The van der Waals surface area contributed by atoms with Crippen LogP contribution in [0.1, 0.15) is 12.0 Å². The molecule has 0 aliphatic carbocycles. The fraction of sp³-hybridized carbons (Fsp3) is 0.571. The molecule has 0 aliphatic rings. The first-order chi connectivity index (χ1) is 9.22. The topological polar surface area (TPSA) is 21.7 Å². The molecule has 0 saturated carbocycles. The van der Waals surface area contributed by atoms with Crippen LogP contribution >= 0.6 is 31.9 Å². The third-order valence-corrected chi connectivity index (χ3v) is 3.97. The Morgan fingerprint density at radius 1 is 1.11 bits per heavy atom. The summed E-state index contributed by atoms with van der Waals surface area (Å²) in [5, 5.41) is 0.843.